The first kappa shape index (κ1) is 15.1. The molecule has 0 radical (unpaired) electrons. The monoisotopic (exact) mass is 305 g/mol. The molecule has 0 aliphatic carbocycles. The summed E-state index contributed by atoms with van der Waals surface area (Å²) in [5, 5.41) is 6.22. The minimum Gasteiger partial charge on any atom is -0.486 e. The van der Waals surface area contributed by atoms with Crippen LogP contribution < -0.4 is 20.1 Å². The van der Waals surface area contributed by atoms with Gasteiger partial charge in [-0.2, -0.15) is 0 Å². The molecule has 6 heteroatoms. The number of likely N-dealkylation sites (tertiary alicyclic amines) is 1. The molecule has 2 aliphatic heterocycles. The minimum absolute atomic E-state index is 0.00781. The average molecular weight is 305 g/mol. The van der Waals surface area contributed by atoms with Gasteiger partial charge in [-0.05, 0) is 38.6 Å². The van der Waals surface area contributed by atoms with Crippen LogP contribution in [0.3, 0.4) is 0 Å². The van der Waals surface area contributed by atoms with Gasteiger partial charge in [-0.15, -0.1) is 0 Å². The lowest BCUT2D eigenvalue weighted by molar-refractivity contribution is -0.117. The molecule has 2 N–H and O–H groups in total. The van der Waals surface area contributed by atoms with Crippen molar-refractivity contribution in [1.82, 2.24) is 10.2 Å². The lowest BCUT2D eigenvalue weighted by Gasteiger charge is -2.31. The van der Waals surface area contributed by atoms with Gasteiger partial charge in [0.05, 0.1) is 6.54 Å². The number of amides is 1. The number of anilines is 1. The highest BCUT2D eigenvalue weighted by molar-refractivity contribution is 5.92. The van der Waals surface area contributed by atoms with E-state index in [9.17, 15) is 4.79 Å². The summed E-state index contributed by atoms with van der Waals surface area (Å²) in [6, 6.07) is 5.98. The number of nitrogens with zero attached hydrogens (tertiary/aromatic N) is 1. The van der Waals surface area contributed by atoms with Crippen molar-refractivity contribution in [3.63, 3.8) is 0 Å². The van der Waals surface area contributed by atoms with E-state index in [1.54, 1.807) is 0 Å². The second kappa shape index (κ2) is 6.98. The Morgan fingerprint density at radius 1 is 1.32 bits per heavy atom. The second-order valence-electron chi connectivity index (χ2n) is 5.77. The molecule has 0 saturated carbocycles. The van der Waals surface area contributed by atoms with Crippen molar-refractivity contribution in [2.75, 3.05) is 45.2 Å². The van der Waals surface area contributed by atoms with Crippen molar-refractivity contribution in [2.45, 2.75) is 18.9 Å². The second-order valence-corrected chi connectivity index (χ2v) is 5.77. The Labute approximate surface area is 130 Å². The van der Waals surface area contributed by atoms with Crippen LogP contribution in [0, 0.1) is 0 Å². The Balaban J connectivity index is 1.55. The van der Waals surface area contributed by atoms with Crippen LogP contribution in [0.15, 0.2) is 18.2 Å². The van der Waals surface area contributed by atoms with E-state index in [-0.39, 0.29) is 5.91 Å². The highest BCUT2D eigenvalue weighted by Crippen LogP contribution is 2.32. The summed E-state index contributed by atoms with van der Waals surface area (Å²) in [5.74, 6) is 1.43. The van der Waals surface area contributed by atoms with Crippen molar-refractivity contribution in [1.29, 1.82) is 0 Å². The molecule has 2 heterocycles. The van der Waals surface area contributed by atoms with Crippen molar-refractivity contribution in [3.05, 3.63) is 18.2 Å². The van der Waals surface area contributed by atoms with E-state index >= 15 is 0 Å². The maximum Gasteiger partial charge on any atom is 0.238 e. The molecule has 3 rings (SSSR count). The largest absolute Gasteiger partial charge is 0.486 e. The van der Waals surface area contributed by atoms with Crippen LogP contribution in [0.5, 0.6) is 11.5 Å². The van der Waals surface area contributed by atoms with E-state index < -0.39 is 0 Å². The van der Waals surface area contributed by atoms with Gasteiger partial charge in [0, 0.05) is 24.3 Å². The number of likely N-dealkylation sites (N-methyl/N-ethyl adjacent to an activating group) is 1. The number of nitrogens with one attached hydrogen (secondary N) is 2. The van der Waals surface area contributed by atoms with Gasteiger partial charge in [0.25, 0.3) is 0 Å². The number of fused-ring (bicyclic) bond motifs is 1. The third-order valence-electron chi connectivity index (χ3n) is 4.11. The molecule has 1 fully saturated rings. The van der Waals surface area contributed by atoms with Crippen LogP contribution >= 0.6 is 0 Å². The fourth-order valence-corrected chi connectivity index (χ4v) is 2.96. The summed E-state index contributed by atoms with van der Waals surface area (Å²) in [5.41, 5.74) is 0.747. The number of hydrogen-bond donors (Lipinski definition) is 2. The zero-order valence-electron chi connectivity index (χ0n) is 12.9. The first-order chi connectivity index (χ1) is 10.7. The normalized spacial score (nSPS) is 21.4. The number of rotatable bonds is 4. The maximum absolute atomic E-state index is 12.2. The fourth-order valence-electron chi connectivity index (χ4n) is 2.96. The number of hydrogen-bond acceptors (Lipinski definition) is 5. The molecule has 0 aromatic heterocycles. The van der Waals surface area contributed by atoms with Crippen LogP contribution in [-0.4, -0.2) is 56.7 Å². The minimum atomic E-state index is 0.00781. The third-order valence-corrected chi connectivity index (χ3v) is 4.11. The van der Waals surface area contributed by atoms with Crippen LogP contribution in [0.1, 0.15) is 12.8 Å². The molecular weight excluding hydrogens is 282 g/mol. The van der Waals surface area contributed by atoms with E-state index in [1.807, 2.05) is 25.2 Å². The highest BCUT2D eigenvalue weighted by atomic mass is 16.6. The quantitative estimate of drug-likeness (QED) is 0.871. The summed E-state index contributed by atoms with van der Waals surface area (Å²) >= 11 is 0. The molecule has 0 bridgehead atoms. The summed E-state index contributed by atoms with van der Waals surface area (Å²) in [7, 11) is 1.98. The molecule has 0 spiro atoms. The molecule has 1 atom stereocenters. The summed E-state index contributed by atoms with van der Waals surface area (Å²) in [4.78, 5) is 14.4. The molecule has 6 nitrogen and oxygen atoms in total. The number of ether oxygens (including phenoxy) is 2. The molecule has 1 unspecified atom stereocenters. The Morgan fingerprint density at radius 3 is 2.95 bits per heavy atom. The summed E-state index contributed by atoms with van der Waals surface area (Å²) < 4.78 is 11.0. The van der Waals surface area contributed by atoms with Gasteiger partial charge in [0.1, 0.15) is 13.2 Å². The van der Waals surface area contributed by atoms with Gasteiger partial charge >= 0.3 is 0 Å². The standard InChI is InChI=1S/C16H23N3O3/c1-17-13-3-2-6-19(10-13)11-16(20)18-12-4-5-14-15(9-12)22-8-7-21-14/h4-5,9,13,17H,2-3,6-8,10-11H2,1H3,(H,18,20). The smallest absolute Gasteiger partial charge is 0.238 e. The summed E-state index contributed by atoms with van der Waals surface area (Å²) in [6.07, 6.45) is 2.31. The first-order valence-electron chi connectivity index (χ1n) is 7.84. The summed E-state index contributed by atoms with van der Waals surface area (Å²) in [6.45, 7) is 3.44. The predicted octanol–water partition coefficient (Wildman–Crippen LogP) is 1.08. The molecule has 2 aliphatic rings. The van der Waals surface area contributed by atoms with Gasteiger partial charge in [-0.1, -0.05) is 0 Å². The van der Waals surface area contributed by atoms with Crippen molar-refractivity contribution in [2.24, 2.45) is 0 Å². The van der Waals surface area contributed by atoms with Gasteiger partial charge in [-0.25, -0.2) is 0 Å². The first-order valence-corrected chi connectivity index (χ1v) is 7.84. The van der Waals surface area contributed by atoms with Gasteiger partial charge < -0.3 is 20.1 Å². The average Bonchev–Trinajstić information content (AvgIpc) is 2.55. The van der Waals surface area contributed by atoms with E-state index in [4.69, 9.17) is 9.47 Å². The molecule has 22 heavy (non-hydrogen) atoms. The van der Waals surface area contributed by atoms with Crippen LogP contribution in [0.25, 0.3) is 0 Å². The molecule has 1 saturated heterocycles. The Bertz CT molecular complexity index is 535. The number of carbonyl (C=O) groups excluding carboxylic acids is 1. The highest BCUT2D eigenvalue weighted by Gasteiger charge is 2.20. The predicted molar refractivity (Wildman–Crippen MR) is 84.6 cm³/mol. The maximum atomic E-state index is 12.2. The van der Waals surface area contributed by atoms with E-state index in [2.05, 4.69) is 15.5 Å². The number of piperidine rings is 1. The molecule has 1 aromatic rings. The molecule has 1 aromatic carbocycles. The Kier molecular flexibility index (Phi) is 4.80. The van der Waals surface area contributed by atoms with Crippen LogP contribution in [0.4, 0.5) is 5.69 Å². The molecule has 1 amide bonds. The molecule has 120 valence electrons. The van der Waals surface area contributed by atoms with Gasteiger partial charge in [0.15, 0.2) is 11.5 Å². The fraction of sp³-hybridized carbons (Fsp3) is 0.562. The van der Waals surface area contributed by atoms with E-state index in [1.165, 1.54) is 6.42 Å². The SMILES string of the molecule is CNC1CCCN(CC(=O)Nc2ccc3c(c2)OCCO3)C1. The lowest BCUT2D eigenvalue weighted by Crippen LogP contribution is -2.46. The number of benzene rings is 1. The van der Waals surface area contributed by atoms with Crippen LogP contribution in [0.2, 0.25) is 0 Å². The van der Waals surface area contributed by atoms with Crippen molar-refractivity contribution < 1.29 is 14.3 Å². The topological polar surface area (TPSA) is 62.8 Å². The van der Waals surface area contributed by atoms with Gasteiger partial charge in [-0.3, -0.25) is 9.69 Å². The van der Waals surface area contributed by atoms with Crippen LogP contribution in [-0.2, 0) is 4.79 Å². The zero-order valence-corrected chi connectivity index (χ0v) is 12.9. The zero-order chi connectivity index (χ0) is 15.4. The van der Waals surface area contributed by atoms with Crippen molar-refractivity contribution in [3.8, 4) is 11.5 Å². The Morgan fingerprint density at radius 2 is 2.14 bits per heavy atom. The van der Waals surface area contributed by atoms with E-state index in [0.717, 1.165) is 30.9 Å². The van der Waals surface area contributed by atoms with E-state index in [0.29, 0.717) is 31.5 Å². The lowest BCUT2D eigenvalue weighted by atomic mass is 10.1. The van der Waals surface area contributed by atoms with Crippen molar-refractivity contribution >= 4 is 11.6 Å². The number of carbonyl (C=O) groups is 1. The third kappa shape index (κ3) is 3.69. The Hall–Kier alpha value is -1.79. The van der Waals surface area contributed by atoms with Gasteiger partial charge in [0.2, 0.25) is 5.91 Å². The molecular formula is C16H23N3O3.